The molecule has 0 amide bonds. The molecule has 124 valence electrons. The summed E-state index contributed by atoms with van der Waals surface area (Å²) in [4.78, 5) is 15.1. The Kier molecular flexibility index (Phi) is 2.79. The third kappa shape index (κ3) is 2.00. The third-order valence-corrected chi connectivity index (χ3v) is 5.39. The fraction of sp³-hybridized carbons (Fsp3) is 0.235. The lowest BCUT2D eigenvalue weighted by molar-refractivity contribution is 0.758. The molecule has 5 rings (SSSR count). The predicted molar refractivity (Wildman–Crippen MR) is 97.9 cm³/mol. The Morgan fingerprint density at radius 1 is 1.00 bits per heavy atom. The standard InChI is InChI=1S/C17H15N7S/c1-8-5-9(2)19-17-12(8)13-14(25-17)16-20-15(22-24(16)7-18-13)11-6-10(3)21-23(11)4/h5-7H,1-4H3. The van der Waals surface area contributed by atoms with E-state index in [1.165, 1.54) is 5.56 Å². The van der Waals surface area contributed by atoms with Gasteiger partial charge in [-0.05, 0) is 38.5 Å². The van der Waals surface area contributed by atoms with Gasteiger partial charge in [0, 0.05) is 18.1 Å². The molecule has 7 nitrogen and oxygen atoms in total. The molecule has 5 aromatic heterocycles. The first kappa shape index (κ1) is 14.5. The fourth-order valence-electron chi connectivity index (χ4n) is 3.30. The van der Waals surface area contributed by atoms with Crippen LogP contribution in [0.2, 0.25) is 0 Å². The highest BCUT2D eigenvalue weighted by Crippen LogP contribution is 2.35. The van der Waals surface area contributed by atoms with E-state index in [-0.39, 0.29) is 0 Å². The van der Waals surface area contributed by atoms with Crippen molar-refractivity contribution in [3.8, 4) is 11.5 Å². The number of pyridine rings is 1. The Labute approximate surface area is 147 Å². The van der Waals surface area contributed by atoms with E-state index < -0.39 is 0 Å². The third-order valence-electron chi connectivity index (χ3n) is 4.32. The largest absolute Gasteiger partial charge is 0.264 e. The second-order valence-corrected chi connectivity index (χ2v) is 7.28. The summed E-state index contributed by atoms with van der Waals surface area (Å²) in [5, 5.41) is 10.1. The lowest BCUT2D eigenvalue weighted by atomic mass is 10.1. The van der Waals surface area contributed by atoms with E-state index in [1.807, 2.05) is 27.0 Å². The first-order valence-corrected chi connectivity index (χ1v) is 8.76. The van der Waals surface area contributed by atoms with E-state index in [1.54, 1.807) is 26.9 Å². The quantitative estimate of drug-likeness (QED) is 0.464. The van der Waals surface area contributed by atoms with Gasteiger partial charge < -0.3 is 0 Å². The molecule has 5 aromatic rings. The highest BCUT2D eigenvalue weighted by atomic mass is 32.1. The van der Waals surface area contributed by atoms with E-state index in [2.05, 4.69) is 33.2 Å². The van der Waals surface area contributed by atoms with Crippen LogP contribution in [0.4, 0.5) is 0 Å². The summed E-state index contributed by atoms with van der Waals surface area (Å²) in [5.41, 5.74) is 5.78. The molecule has 0 atom stereocenters. The van der Waals surface area contributed by atoms with Gasteiger partial charge in [-0.15, -0.1) is 16.4 Å². The maximum Gasteiger partial charge on any atom is 0.200 e. The Morgan fingerprint density at radius 2 is 1.84 bits per heavy atom. The van der Waals surface area contributed by atoms with Gasteiger partial charge in [-0.3, -0.25) is 4.68 Å². The molecule has 0 N–H and O–H groups in total. The second-order valence-electron chi connectivity index (χ2n) is 6.28. The monoisotopic (exact) mass is 349 g/mol. The summed E-state index contributed by atoms with van der Waals surface area (Å²) in [6, 6.07) is 4.08. The number of thiophene rings is 1. The van der Waals surface area contributed by atoms with Gasteiger partial charge in [0.05, 0.1) is 11.2 Å². The predicted octanol–water partition coefficient (Wildman–Crippen LogP) is 3.21. The first-order valence-electron chi connectivity index (χ1n) is 7.94. The maximum atomic E-state index is 4.77. The van der Waals surface area contributed by atoms with E-state index in [9.17, 15) is 0 Å². The average Bonchev–Trinajstić information content (AvgIpc) is 3.20. The summed E-state index contributed by atoms with van der Waals surface area (Å²) in [7, 11) is 1.90. The normalized spacial score (nSPS) is 12.0. The van der Waals surface area contributed by atoms with Crippen LogP contribution in [0.25, 0.3) is 37.6 Å². The number of rotatable bonds is 1. The molecular formula is C17H15N7S. The molecule has 0 saturated heterocycles. The number of hydrogen-bond acceptors (Lipinski definition) is 6. The lowest BCUT2D eigenvalue weighted by Gasteiger charge is -1.98. The molecule has 0 bridgehead atoms. The molecule has 0 radical (unpaired) electrons. The number of nitrogens with zero attached hydrogens (tertiary/aromatic N) is 7. The molecule has 5 heterocycles. The average molecular weight is 349 g/mol. The molecule has 0 aliphatic carbocycles. The van der Waals surface area contributed by atoms with Crippen LogP contribution in [0.3, 0.4) is 0 Å². The summed E-state index contributed by atoms with van der Waals surface area (Å²) in [6.45, 7) is 6.07. The van der Waals surface area contributed by atoms with Crippen molar-refractivity contribution >= 4 is 37.4 Å². The zero-order valence-electron chi connectivity index (χ0n) is 14.3. The van der Waals surface area contributed by atoms with Crippen LogP contribution in [0.15, 0.2) is 18.5 Å². The fourth-order valence-corrected chi connectivity index (χ4v) is 4.52. The SMILES string of the molecule is Cc1cc(C)c2c(n1)sc1c2ncn2nc(-c3cc(C)nn3C)nc12. The molecule has 0 unspecified atom stereocenters. The van der Waals surface area contributed by atoms with Crippen LogP contribution in [-0.2, 0) is 7.05 Å². The highest BCUT2D eigenvalue weighted by Gasteiger charge is 2.18. The molecule has 0 saturated carbocycles. The van der Waals surface area contributed by atoms with Gasteiger partial charge in [-0.25, -0.2) is 19.5 Å². The van der Waals surface area contributed by atoms with Crippen molar-refractivity contribution in [1.29, 1.82) is 0 Å². The number of hydrogen-bond donors (Lipinski definition) is 0. The molecule has 0 spiro atoms. The molecule has 0 aromatic carbocycles. The summed E-state index contributed by atoms with van der Waals surface area (Å²) < 4.78 is 4.54. The van der Waals surface area contributed by atoms with Gasteiger partial charge in [0.15, 0.2) is 5.65 Å². The van der Waals surface area contributed by atoms with Gasteiger partial charge in [-0.1, -0.05) is 0 Å². The van der Waals surface area contributed by atoms with Gasteiger partial charge in [0.25, 0.3) is 0 Å². The van der Waals surface area contributed by atoms with Crippen molar-refractivity contribution in [1.82, 2.24) is 34.3 Å². The summed E-state index contributed by atoms with van der Waals surface area (Å²) in [6.07, 6.45) is 1.73. The van der Waals surface area contributed by atoms with Gasteiger partial charge in [0.2, 0.25) is 5.82 Å². The van der Waals surface area contributed by atoms with Crippen molar-refractivity contribution < 1.29 is 0 Å². The van der Waals surface area contributed by atoms with Crippen LogP contribution in [0, 0.1) is 20.8 Å². The topological polar surface area (TPSA) is 73.8 Å². The molecule has 25 heavy (non-hydrogen) atoms. The van der Waals surface area contributed by atoms with Crippen molar-refractivity contribution in [3.05, 3.63) is 35.4 Å². The lowest BCUT2D eigenvalue weighted by Crippen LogP contribution is -1.95. The minimum Gasteiger partial charge on any atom is -0.264 e. The Balaban J connectivity index is 1.86. The van der Waals surface area contributed by atoms with Gasteiger partial charge >= 0.3 is 0 Å². The van der Waals surface area contributed by atoms with Crippen LogP contribution < -0.4 is 0 Å². The van der Waals surface area contributed by atoms with E-state index >= 15 is 0 Å². The molecule has 8 heteroatoms. The molecule has 0 aliphatic heterocycles. The minimum absolute atomic E-state index is 0.649. The van der Waals surface area contributed by atoms with Crippen LogP contribution in [-0.4, -0.2) is 34.3 Å². The zero-order valence-corrected chi connectivity index (χ0v) is 15.1. The van der Waals surface area contributed by atoms with Crippen LogP contribution in [0.1, 0.15) is 17.0 Å². The van der Waals surface area contributed by atoms with E-state index in [0.717, 1.165) is 43.2 Å². The van der Waals surface area contributed by atoms with E-state index in [4.69, 9.17) is 4.98 Å². The Bertz CT molecular complexity index is 1290. The van der Waals surface area contributed by atoms with Crippen LogP contribution in [0.5, 0.6) is 0 Å². The van der Waals surface area contributed by atoms with Crippen molar-refractivity contribution in [2.24, 2.45) is 7.05 Å². The van der Waals surface area contributed by atoms with Gasteiger partial charge in [-0.2, -0.15) is 5.10 Å². The summed E-state index contributed by atoms with van der Waals surface area (Å²) >= 11 is 1.62. The first-order chi connectivity index (χ1) is 12.0. The number of aromatic nitrogens is 7. The van der Waals surface area contributed by atoms with E-state index in [0.29, 0.717) is 5.82 Å². The smallest absolute Gasteiger partial charge is 0.200 e. The number of aryl methyl sites for hydroxylation is 4. The van der Waals surface area contributed by atoms with Crippen molar-refractivity contribution in [2.75, 3.05) is 0 Å². The van der Waals surface area contributed by atoms with Crippen molar-refractivity contribution in [3.63, 3.8) is 0 Å². The van der Waals surface area contributed by atoms with Crippen LogP contribution >= 0.6 is 11.3 Å². The maximum absolute atomic E-state index is 4.77. The minimum atomic E-state index is 0.649. The zero-order chi connectivity index (χ0) is 17.3. The highest BCUT2D eigenvalue weighted by molar-refractivity contribution is 7.26. The van der Waals surface area contributed by atoms with Crippen molar-refractivity contribution in [2.45, 2.75) is 20.8 Å². The van der Waals surface area contributed by atoms with Gasteiger partial charge in [0.1, 0.15) is 21.6 Å². The molecular weight excluding hydrogens is 334 g/mol. The Hall–Kier alpha value is -2.87. The second kappa shape index (κ2) is 4.82. The molecule has 0 fully saturated rings. The summed E-state index contributed by atoms with van der Waals surface area (Å²) in [5.74, 6) is 0.649. The molecule has 0 aliphatic rings. The number of fused-ring (bicyclic) bond motifs is 5. The Morgan fingerprint density at radius 3 is 2.60 bits per heavy atom.